The Hall–Kier alpha value is -0.610. The third-order valence-electron chi connectivity index (χ3n) is 1.71. The van der Waals surface area contributed by atoms with Crippen LogP contribution < -0.4 is 4.72 Å². The van der Waals surface area contributed by atoms with E-state index in [1.165, 1.54) is 19.1 Å². The molecule has 0 spiro atoms. The molecule has 0 heterocycles. The fraction of sp³-hybridized carbons (Fsp3) is 0.222. The second kappa shape index (κ2) is 5.15. The molecular weight excluding hydrogens is 316 g/mol. The maximum atomic E-state index is 11.8. The normalized spacial score (nSPS) is 13.1. The van der Waals surface area contributed by atoms with Gasteiger partial charge < -0.3 is 0 Å². The van der Waals surface area contributed by atoms with Crippen LogP contribution in [0.3, 0.4) is 0 Å². The van der Waals surface area contributed by atoms with Crippen molar-refractivity contribution in [3.05, 3.63) is 27.7 Å². The van der Waals surface area contributed by atoms with E-state index in [1.54, 1.807) is 12.1 Å². The van der Waals surface area contributed by atoms with Gasteiger partial charge in [0.25, 0.3) is 0 Å². The van der Waals surface area contributed by atoms with Gasteiger partial charge in [0, 0.05) is 4.47 Å². The smallest absolute Gasteiger partial charge is 0.207 e. The molecule has 0 aromatic heterocycles. The van der Waals surface area contributed by atoms with E-state index in [1.807, 2.05) is 0 Å². The van der Waals surface area contributed by atoms with Gasteiger partial charge in [-0.25, -0.2) is 8.42 Å². The molecule has 86 valence electrons. The molecule has 0 fully saturated rings. The number of halogens is 2. The quantitative estimate of drug-likeness (QED) is 0.928. The number of rotatable bonds is 3. The van der Waals surface area contributed by atoms with Crippen molar-refractivity contribution < 1.29 is 8.42 Å². The van der Waals surface area contributed by atoms with Crippen LogP contribution in [0, 0.1) is 11.3 Å². The van der Waals surface area contributed by atoms with Crippen LogP contribution in [-0.4, -0.2) is 14.5 Å². The number of nitrogens with one attached hydrogen (secondary N) is 1. The van der Waals surface area contributed by atoms with E-state index in [0.29, 0.717) is 4.47 Å². The van der Waals surface area contributed by atoms with Crippen molar-refractivity contribution in [2.45, 2.75) is 17.9 Å². The maximum absolute atomic E-state index is 11.8. The number of nitriles is 1. The second-order valence-corrected chi connectivity index (χ2v) is 6.05. The molecule has 7 heteroatoms. The zero-order valence-electron chi connectivity index (χ0n) is 8.24. The Labute approximate surface area is 107 Å². The fourth-order valence-electron chi connectivity index (χ4n) is 1.01. The predicted molar refractivity (Wildman–Crippen MR) is 64.5 cm³/mol. The van der Waals surface area contributed by atoms with E-state index < -0.39 is 16.1 Å². The SMILES string of the molecule is C[C@@H](C#N)NS(=O)(=O)c1cc(Br)ccc1Cl. The van der Waals surface area contributed by atoms with Gasteiger partial charge in [0.1, 0.15) is 10.9 Å². The first-order valence-electron chi connectivity index (χ1n) is 4.24. The largest absolute Gasteiger partial charge is 0.243 e. The van der Waals surface area contributed by atoms with Crippen LogP contribution in [-0.2, 0) is 10.0 Å². The molecule has 16 heavy (non-hydrogen) atoms. The molecule has 1 aromatic carbocycles. The molecule has 1 rings (SSSR count). The van der Waals surface area contributed by atoms with E-state index >= 15 is 0 Å². The van der Waals surface area contributed by atoms with Gasteiger partial charge in [-0.2, -0.15) is 9.98 Å². The summed E-state index contributed by atoms with van der Waals surface area (Å²) in [5.41, 5.74) is 0. The summed E-state index contributed by atoms with van der Waals surface area (Å²) in [6.07, 6.45) is 0. The topological polar surface area (TPSA) is 70.0 Å². The van der Waals surface area contributed by atoms with Crippen LogP contribution >= 0.6 is 27.5 Å². The summed E-state index contributed by atoms with van der Waals surface area (Å²) in [6, 6.07) is 5.46. The third kappa shape index (κ3) is 3.19. The lowest BCUT2D eigenvalue weighted by atomic mass is 10.4. The minimum Gasteiger partial charge on any atom is -0.207 e. The van der Waals surface area contributed by atoms with Crippen molar-refractivity contribution in [1.29, 1.82) is 5.26 Å². The summed E-state index contributed by atoms with van der Waals surface area (Å²) in [5.74, 6) is 0. The molecule has 0 saturated heterocycles. The standard InChI is InChI=1S/C9H8BrClN2O2S/c1-6(5-12)13-16(14,15)9-4-7(10)2-3-8(9)11/h2-4,6,13H,1H3/t6-/m0/s1. The second-order valence-electron chi connectivity index (χ2n) is 3.05. The molecule has 0 amide bonds. The summed E-state index contributed by atoms with van der Waals surface area (Å²) >= 11 is 8.94. The molecule has 1 N–H and O–H groups in total. The Morgan fingerprint density at radius 2 is 2.19 bits per heavy atom. The van der Waals surface area contributed by atoms with Gasteiger partial charge in [-0.05, 0) is 25.1 Å². The third-order valence-corrected chi connectivity index (χ3v) is 4.22. The molecule has 0 aliphatic rings. The average Bonchev–Trinajstić information content (AvgIpc) is 2.20. The highest BCUT2D eigenvalue weighted by molar-refractivity contribution is 9.10. The zero-order chi connectivity index (χ0) is 12.3. The van der Waals surface area contributed by atoms with Crippen molar-refractivity contribution in [3.8, 4) is 6.07 Å². The van der Waals surface area contributed by atoms with Crippen molar-refractivity contribution >= 4 is 37.6 Å². The van der Waals surface area contributed by atoms with E-state index in [2.05, 4.69) is 20.7 Å². The summed E-state index contributed by atoms with van der Waals surface area (Å²) < 4.78 is 26.4. The molecule has 1 aromatic rings. The zero-order valence-corrected chi connectivity index (χ0v) is 11.4. The predicted octanol–water partition coefficient (Wildman–Crippen LogP) is 2.29. The lowest BCUT2D eigenvalue weighted by Crippen LogP contribution is -2.31. The number of hydrogen-bond donors (Lipinski definition) is 1. The van der Waals surface area contributed by atoms with Crippen molar-refractivity contribution in [1.82, 2.24) is 4.72 Å². The van der Waals surface area contributed by atoms with E-state index in [4.69, 9.17) is 16.9 Å². The maximum Gasteiger partial charge on any atom is 0.243 e. The van der Waals surface area contributed by atoms with Crippen LogP contribution in [0.2, 0.25) is 5.02 Å². The van der Waals surface area contributed by atoms with Crippen LogP contribution in [0.1, 0.15) is 6.92 Å². The summed E-state index contributed by atoms with van der Waals surface area (Å²) in [4.78, 5) is -0.0503. The molecule has 0 unspecified atom stereocenters. The first kappa shape index (κ1) is 13.5. The summed E-state index contributed by atoms with van der Waals surface area (Å²) in [5, 5.41) is 8.66. The number of benzene rings is 1. The van der Waals surface area contributed by atoms with Gasteiger partial charge in [-0.15, -0.1) is 0 Å². The van der Waals surface area contributed by atoms with E-state index in [0.717, 1.165) is 0 Å². The van der Waals surface area contributed by atoms with Gasteiger partial charge in [0.05, 0.1) is 11.1 Å². The lowest BCUT2D eigenvalue weighted by molar-refractivity contribution is 0.577. The van der Waals surface area contributed by atoms with Gasteiger partial charge >= 0.3 is 0 Å². The van der Waals surface area contributed by atoms with Crippen molar-refractivity contribution in [2.75, 3.05) is 0 Å². The molecule has 4 nitrogen and oxygen atoms in total. The molecular formula is C9H8BrClN2O2S. The van der Waals surface area contributed by atoms with Gasteiger partial charge in [-0.3, -0.25) is 0 Å². The average molecular weight is 324 g/mol. The van der Waals surface area contributed by atoms with Crippen LogP contribution in [0.5, 0.6) is 0 Å². The van der Waals surface area contributed by atoms with Gasteiger partial charge in [-0.1, -0.05) is 27.5 Å². The highest BCUT2D eigenvalue weighted by atomic mass is 79.9. The molecule has 0 radical (unpaired) electrons. The first-order valence-corrected chi connectivity index (χ1v) is 6.89. The Morgan fingerprint density at radius 3 is 2.75 bits per heavy atom. The fourth-order valence-corrected chi connectivity index (χ4v) is 3.19. The highest BCUT2D eigenvalue weighted by Crippen LogP contribution is 2.25. The summed E-state index contributed by atoms with van der Waals surface area (Å²) in [6.45, 7) is 1.45. The van der Waals surface area contributed by atoms with Crippen LogP contribution in [0.4, 0.5) is 0 Å². The molecule has 0 saturated carbocycles. The van der Waals surface area contributed by atoms with Crippen molar-refractivity contribution in [3.63, 3.8) is 0 Å². The Morgan fingerprint density at radius 1 is 1.56 bits per heavy atom. The Bertz CT molecular complexity index is 539. The molecule has 1 atom stereocenters. The molecule has 0 aliphatic carbocycles. The highest BCUT2D eigenvalue weighted by Gasteiger charge is 2.20. The van der Waals surface area contributed by atoms with Crippen molar-refractivity contribution in [2.24, 2.45) is 0 Å². The Balaban J connectivity index is 3.18. The lowest BCUT2D eigenvalue weighted by Gasteiger charge is -2.09. The van der Waals surface area contributed by atoms with Gasteiger partial charge in [0.15, 0.2) is 0 Å². The number of nitrogens with zero attached hydrogens (tertiary/aromatic N) is 1. The Kier molecular flexibility index (Phi) is 4.33. The first-order chi connectivity index (χ1) is 7.36. The minimum absolute atomic E-state index is 0.0503. The van der Waals surface area contributed by atoms with E-state index in [9.17, 15) is 8.42 Å². The number of sulfonamides is 1. The van der Waals surface area contributed by atoms with E-state index in [-0.39, 0.29) is 9.92 Å². The van der Waals surface area contributed by atoms with Gasteiger partial charge in [0.2, 0.25) is 10.0 Å². The summed E-state index contributed by atoms with van der Waals surface area (Å²) in [7, 11) is -3.76. The minimum atomic E-state index is -3.76. The monoisotopic (exact) mass is 322 g/mol. The van der Waals surface area contributed by atoms with Crippen LogP contribution in [0.25, 0.3) is 0 Å². The van der Waals surface area contributed by atoms with Crippen LogP contribution in [0.15, 0.2) is 27.6 Å². The molecule has 0 aliphatic heterocycles. The number of hydrogen-bond acceptors (Lipinski definition) is 3. The molecule has 0 bridgehead atoms.